The molecule has 0 radical (unpaired) electrons. The Labute approximate surface area is 182 Å². The molecule has 0 aromatic heterocycles. The Morgan fingerprint density at radius 1 is 1.03 bits per heavy atom. The number of benzene rings is 1. The van der Waals surface area contributed by atoms with Gasteiger partial charge in [-0.25, -0.2) is 4.79 Å². The maximum Gasteiger partial charge on any atom is 0.410 e. The lowest BCUT2D eigenvalue weighted by molar-refractivity contribution is -0.133. The molecule has 0 fully saturated rings. The molecule has 1 rings (SSSR count). The summed E-state index contributed by atoms with van der Waals surface area (Å²) in [5.74, 6) is -1.88. The van der Waals surface area contributed by atoms with Crippen molar-refractivity contribution in [1.82, 2.24) is 15.5 Å². The van der Waals surface area contributed by atoms with Crippen LogP contribution in [-0.2, 0) is 20.9 Å². The lowest BCUT2D eigenvalue weighted by Gasteiger charge is -2.31. The van der Waals surface area contributed by atoms with Gasteiger partial charge in [0.05, 0.1) is 7.11 Å². The molecule has 1 aromatic carbocycles. The van der Waals surface area contributed by atoms with Gasteiger partial charge in [0.15, 0.2) is 11.5 Å². The highest BCUT2D eigenvalue weighted by atomic mass is 16.6. The molecule has 0 saturated heterocycles. The van der Waals surface area contributed by atoms with Crippen molar-refractivity contribution in [1.29, 1.82) is 0 Å². The first-order chi connectivity index (χ1) is 14.4. The summed E-state index contributed by atoms with van der Waals surface area (Å²) in [4.78, 5) is 38.7. The summed E-state index contributed by atoms with van der Waals surface area (Å²) < 4.78 is 10.1. The fourth-order valence-corrected chi connectivity index (χ4v) is 3.16. The number of aromatic hydroxyl groups is 2. The maximum atomic E-state index is 12.9. The van der Waals surface area contributed by atoms with Crippen LogP contribution in [0.2, 0.25) is 0 Å². The van der Waals surface area contributed by atoms with Crippen molar-refractivity contribution < 1.29 is 34.1 Å². The molecule has 2 atom stereocenters. The van der Waals surface area contributed by atoms with E-state index >= 15 is 0 Å². The molecule has 0 bridgehead atoms. The third-order valence-electron chi connectivity index (χ3n) is 4.77. The zero-order valence-corrected chi connectivity index (χ0v) is 19.1. The molecule has 1 aromatic rings. The predicted octanol–water partition coefficient (Wildman–Crippen LogP) is 1.59. The van der Waals surface area contributed by atoms with Gasteiger partial charge in [-0.1, -0.05) is 27.7 Å². The number of amides is 3. The van der Waals surface area contributed by atoms with Gasteiger partial charge in [0.1, 0.15) is 18.7 Å². The van der Waals surface area contributed by atoms with Crippen LogP contribution in [0.5, 0.6) is 17.2 Å². The number of rotatable bonds is 9. The van der Waals surface area contributed by atoms with Crippen molar-refractivity contribution in [3.8, 4) is 17.2 Å². The van der Waals surface area contributed by atoms with Crippen molar-refractivity contribution in [3.05, 3.63) is 17.7 Å². The van der Waals surface area contributed by atoms with Gasteiger partial charge in [0, 0.05) is 14.1 Å². The van der Waals surface area contributed by atoms with Crippen molar-refractivity contribution in [3.63, 3.8) is 0 Å². The smallest absolute Gasteiger partial charge is 0.410 e. The largest absolute Gasteiger partial charge is 0.504 e. The molecule has 0 aliphatic carbocycles. The Bertz CT molecular complexity index is 772. The molecule has 10 nitrogen and oxygen atoms in total. The number of phenols is 2. The van der Waals surface area contributed by atoms with Crippen LogP contribution < -0.4 is 15.4 Å². The van der Waals surface area contributed by atoms with Gasteiger partial charge in [-0.15, -0.1) is 0 Å². The Hall–Kier alpha value is -3.17. The number of hydrogen-bond acceptors (Lipinski definition) is 7. The summed E-state index contributed by atoms with van der Waals surface area (Å²) in [5.41, 5.74) is 0.336. The molecule has 0 aliphatic heterocycles. The Balaban J connectivity index is 2.90. The molecule has 0 spiro atoms. The number of nitrogens with one attached hydrogen (secondary N) is 2. The number of likely N-dealkylation sites (N-methyl/N-ethyl adjacent to an activating group) is 2. The van der Waals surface area contributed by atoms with Crippen molar-refractivity contribution in [2.75, 3.05) is 21.2 Å². The van der Waals surface area contributed by atoms with Crippen LogP contribution in [0.15, 0.2) is 12.1 Å². The first kappa shape index (κ1) is 25.9. The van der Waals surface area contributed by atoms with E-state index in [2.05, 4.69) is 10.6 Å². The minimum absolute atomic E-state index is 0.0837. The summed E-state index contributed by atoms with van der Waals surface area (Å²) in [6, 6.07) is 0.980. The Morgan fingerprint density at radius 3 is 2.00 bits per heavy atom. The van der Waals surface area contributed by atoms with E-state index in [1.54, 1.807) is 13.8 Å². The first-order valence-electron chi connectivity index (χ1n) is 9.94. The highest BCUT2D eigenvalue weighted by Gasteiger charge is 2.34. The molecule has 0 aliphatic rings. The molecule has 0 unspecified atom stereocenters. The molecule has 4 N–H and O–H groups in total. The third kappa shape index (κ3) is 6.66. The number of hydrogen-bond donors (Lipinski definition) is 4. The fourth-order valence-electron chi connectivity index (χ4n) is 3.16. The normalized spacial score (nSPS) is 12.8. The molecule has 3 amide bonds. The summed E-state index contributed by atoms with van der Waals surface area (Å²) in [6.45, 7) is 6.92. The number of carbonyl (C=O) groups excluding carboxylic acids is 3. The Morgan fingerprint density at radius 2 is 1.58 bits per heavy atom. The van der Waals surface area contributed by atoms with E-state index < -0.39 is 24.1 Å². The monoisotopic (exact) mass is 439 g/mol. The standard InChI is InChI=1S/C21H33N3O7/c1-11(2)16(19(27)22-5)23-20(28)17(12(3)4)24(6)21(29)31-10-13-8-14(25)18(30-7)15(26)9-13/h8-9,11-12,16-17,25-26H,10H2,1-7H3,(H,22,27)(H,23,28)/t16-,17-/m0/s1. The van der Waals surface area contributed by atoms with E-state index in [4.69, 9.17) is 9.47 Å². The lowest BCUT2D eigenvalue weighted by Crippen LogP contribution is -2.56. The number of carbonyl (C=O) groups is 3. The highest BCUT2D eigenvalue weighted by Crippen LogP contribution is 2.36. The molecule has 174 valence electrons. The fraction of sp³-hybridized carbons (Fsp3) is 0.571. The van der Waals surface area contributed by atoms with Gasteiger partial charge >= 0.3 is 6.09 Å². The van der Waals surface area contributed by atoms with Crippen LogP contribution in [0.4, 0.5) is 4.79 Å². The van der Waals surface area contributed by atoms with Crippen LogP contribution >= 0.6 is 0 Å². The summed E-state index contributed by atoms with van der Waals surface area (Å²) >= 11 is 0. The minimum atomic E-state index is -0.879. The summed E-state index contributed by atoms with van der Waals surface area (Å²) in [5, 5.41) is 24.9. The van der Waals surface area contributed by atoms with E-state index in [9.17, 15) is 24.6 Å². The minimum Gasteiger partial charge on any atom is -0.504 e. The first-order valence-corrected chi connectivity index (χ1v) is 9.94. The average molecular weight is 440 g/mol. The number of nitrogens with zero attached hydrogens (tertiary/aromatic N) is 1. The lowest BCUT2D eigenvalue weighted by atomic mass is 9.99. The van der Waals surface area contributed by atoms with Crippen LogP contribution in [-0.4, -0.2) is 66.3 Å². The zero-order valence-electron chi connectivity index (χ0n) is 19.1. The summed E-state index contributed by atoms with van der Waals surface area (Å²) in [7, 11) is 4.22. The number of methoxy groups -OCH3 is 1. The molecular weight excluding hydrogens is 406 g/mol. The molecule has 0 heterocycles. The van der Waals surface area contributed by atoms with E-state index in [1.807, 2.05) is 13.8 Å². The van der Waals surface area contributed by atoms with E-state index in [1.165, 1.54) is 33.3 Å². The second kappa shape index (κ2) is 11.3. The van der Waals surface area contributed by atoms with Crippen LogP contribution in [0.25, 0.3) is 0 Å². The second-order valence-corrected chi connectivity index (χ2v) is 7.87. The topological polar surface area (TPSA) is 137 Å². The van der Waals surface area contributed by atoms with E-state index in [0.717, 1.165) is 4.90 Å². The summed E-state index contributed by atoms with van der Waals surface area (Å²) in [6.07, 6.45) is -0.773. The van der Waals surface area contributed by atoms with Crippen molar-refractivity contribution in [2.24, 2.45) is 11.8 Å². The third-order valence-corrected chi connectivity index (χ3v) is 4.77. The van der Waals surface area contributed by atoms with Gasteiger partial charge in [-0.3, -0.25) is 14.5 Å². The van der Waals surface area contributed by atoms with Gasteiger partial charge in [-0.05, 0) is 29.5 Å². The highest BCUT2D eigenvalue weighted by molar-refractivity contribution is 5.91. The molecule has 31 heavy (non-hydrogen) atoms. The van der Waals surface area contributed by atoms with E-state index in [-0.39, 0.29) is 41.6 Å². The average Bonchev–Trinajstić information content (AvgIpc) is 2.68. The number of ether oxygens (including phenoxy) is 2. The van der Waals surface area contributed by atoms with Crippen LogP contribution in [0.3, 0.4) is 0 Å². The molecule has 0 saturated carbocycles. The van der Waals surface area contributed by atoms with Crippen molar-refractivity contribution in [2.45, 2.75) is 46.4 Å². The SMILES string of the molecule is CNC(=O)[C@@H](NC(=O)[C@H](C(C)C)N(C)C(=O)OCc1cc(O)c(OC)c(O)c1)C(C)C. The van der Waals surface area contributed by atoms with Gasteiger partial charge in [0.2, 0.25) is 17.6 Å². The second-order valence-electron chi connectivity index (χ2n) is 7.87. The zero-order chi connectivity index (χ0) is 23.9. The van der Waals surface area contributed by atoms with Crippen LogP contribution in [0.1, 0.15) is 33.3 Å². The molecular formula is C21H33N3O7. The maximum absolute atomic E-state index is 12.9. The van der Waals surface area contributed by atoms with Gasteiger partial charge in [-0.2, -0.15) is 0 Å². The quantitative estimate of drug-likeness (QED) is 0.458. The van der Waals surface area contributed by atoms with Gasteiger partial charge < -0.3 is 30.3 Å². The Kier molecular flexibility index (Phi) is 9.41. The van der Waals surface area contributed by atoms with E-state index in [0.29, 0.717) is 5.56 Å². The van der Waals surface area contributed by atoms with Gasteiger partial charge in [0.25, 0.3) is 0 Å². The van der Waals surface area contributed by atoms with Crippen molar-refractivity contribution >= 4 is 17.9 Å². The molecule has 10 heteroatoms. The van der Waals surface area contributed by atoms with Crippen LogP contribution in [0, 0.1) is 11.8 Å². The predicted molar refractivity (Wildman–Crippen MR) is 114 cm³/mol. The number of phenolic OH excluding ortho intramolecular Hbond substituents is 2.